The largest absolute Gasteiger partial charge is 0.357 e. The quantitative estimate of drug-likeness (QED) is 0.568. The van der Waals surface area contributed by atoms with Crippen LogP contribution in [-0.2, 0) is 6.42 Å². The summed E-state index contributed by atoms with van der Waals surface area (Å²) in [6.07, 6.45) is 2.26. The number of hydrogen-bond acceptors (Lipinski definition) is 4. The molecule has 1 aromatic heterocycles. The number of nitrogens with one attached hydrogen (secondary N) is 1. The number of likely N-dealkylation sites (tertiary alicyclic amines) is 1. The lowest BCUT2D eigenvalue weighted by Gasteiger charge is -2.24. The summed E-state index contributed by atoms with van der Waals surface area (Å²) in [5, 5.41) is 4.64. The number of guanidine groups is 1. The van der Waals surface area contributed by atoms with Crippen molar-refractivity contribution < 1.29 is 0 Å². The fourth-order valence-electron chi connectivity index (χ4n) is 3.52. The highest BCUT2D eigenvalue weighted by molar-refractivity contribution is 7.11. The van der Waals surface area contributed by atoms with E-state index in [2.05, 4.69) is 54.7 Å². The molecule has 5 nitrogen and oxygen atoms in total. The molecule has 1 aromatic rings. The van der Waals surface area contributed by atoms with Gasteiger partial charge in [-0.2, -0.15) is 0 Å². The van der Waals surface area contributed by atoms with Gasteiger partial charge in [-0.15, -0.1) is 11.3 Å². The van der Waals surface area contributed by atoms with E-state index in [1.54, 1.807) is 11.3 Å². The molecule has 0 aliphatic carbocycles. The Hall–Kier alpha value is -1.14. The first kappa shape index (κ1) is 20.2. The van der Waals surface area contributed by atoms with Crippen LogP contribution in [0.3, 0.4) is 0 Å². The second-order valence-electron chi connectivity index (χ2n) is 6.81. The zero-order valence-corrected chi connectivity index (χ0v) is 17.5. The zero-order chi connectivity index (χ0) is 18.2. The minimum Gasteiger partial charge on any atom is -0.357 e. The minimum absolute atomic E-state index is 0.759. The summed E-state index contributed by atoms with van der Waals surface area (Å²) >= 11 is 1.80. The van der Waals surface area contributed by atoms with Gasteiger partial charge in [-0.05, 0) is 46.2 Å². The molecule has 0 radical (unpaired) electrons. The second kappa shape index (κ2) is 10.1. The van der Waals surface area contributed by atoms with Crippen molar-refractivity contribution in [3.05, 3.63) is 15.6 Å². The van der Waals surface area contributed by atoms with E-state index in [0.717, 1.165) is 62.6 Å². The van der Waals surface area contributed by atoms with Crippen LogP contribution in [0.5, 0.6) is 0 Å². The third kappa shape index (κ3) is 5.96. The van der Waals surface area contributed by atoms with E-state index in [1.807, 2.05) is 0 Å². The smallest absolute Gasteiger partial charge is 0.193 e. The van der Waals surface area contributed by atoms with Crippen LogP contribution in [0.1, 0.15) is 42.8 Å². The molecule has 1 saturated heterocycles. The number of hydrogen-bond donors (Lipinski definition) is 1. The summed E-state index contributed by atoms with van der Waals surface area (Å²) in [4.78, 5) is 15.8. The molecule has 1 atom stereocenters. The van der Waals surface area contributed by atoms with Gasteiger partial charge in [0.2, 0.25) is 0 Å². The van der Waals surface area contributed by atoms with Gasteiger partial charge in [0.1, 0.15) is 0 Å². The van der Waals surface area contributed by atoms with Gasteiger partial charge in [-0.3, -0.25) is 4.99 Å². The molecule has 6 heteroatoms. The van der Waals surface area contributed by atoms with Gasteiger partial charge in [0.25, 0.3) is 0 Å². The Kier molecular flexibility index (Phi) is 8.16. The second-order valence-corrected chi connectivity index (χ2v) is 8.10. The Bertz CT molecular complexity index is 550. The summed E-state index contributed by atoms with van der Waals surface area (Å²) in [6, 6.07) is 0. The Morgan fingerprint density at radius 2 is 2.08 bits per heavy atom. The first-order chi connectivity index (χ1) is 12.1. The Labute approximate surface area is 157 Å². The molecule has 1 aliphatic heterocycles. The minimum atomic E-state index is 0.759. The highest BCUT2D eigenvalue weighted by Gasteiger charge is 2.25. The molecule has 0 spiro atoms. The lowest BCUT2D eigenvalue weighted by molar-refractivity contribution is 0.255. The summed E-state index contributed by atoms with van der Waals surface area (Å²) in [7, 11) is 0. The number of aliphatic imine (C=N–C) groups is 1. The molecule has 25 heavy (non-hydrogen) atoms. The average Bonchev–Trinajstić information content (AvgIpc) is 3.18. The van der Waals surface area contributed by atoms with Crippen LogP contribution in [0, 0.1) is 19.8 Å². The van der Waals surface area contributed by atoms with Crippen molar-refractivity contribution >= 4 is 17.3 Å². The third-order valence-corrected chi connectivity index (χ3v) is 6.06. The average molecular weight is 366 g/mol. The van der Waals surface area contributed by atoms with E-state index in [0.29, 0.717) is 0 Å². The summed E-state index contributed by atoms with van der Waals surface area (Å²) in [6.45, 7) is 18.4. The summed E-state index contributed by atoms with van der Waals surface area (Å²) < 4.78 is 0. The third-order valence-electron chi connectivity index (χ3n) is 4.93. The van der Waals surface area contributed by atoms with Crippen molar-refractivity contribution in [3.8, 4) is 0 Å². The molecular weight excluding hydrogens is 330 g/mol. The molecular formula is C19H35N5S. The molecule has 1 aliphatic rings. The van der Waals surface area contributed by atoms with Crippen molar-refractivity contribution in [2.75, 3.05) is 45.8 Å². The lowest BCUT2D eigenvalue weighted by atomic mass is 10.1. The van der Waals surface area contributed by atoms with Crippen LogP contribution in [-0.4, -0.2) is 66.6 Å². The maximum absolute atomic E-state index is 4.89. The summed E-state index contributed by atoms with van der Waals surface area (Å²) in [5.74, 6) is 1.85. The normalized spacial score (nSPS) is 18.4. The Morgan fingerprint density at radius 3 is 2.68 bits per heavy atom. The van der Waals surface area contributed by atoms with Crippen molar-refractivity contribution in [3.63, 3.8) is 0 Å². The fourth-order valence-corrected chi connectivity index (χ4v) is 4.44. The van der Waals surface area contributed by atoms with Gasteiger partial charge in [-0.25, -0.2) is 4.98 Å². The van der Waals surface area contributed by atoms with E-state index in [4.69, 9.17) is 4.99 Å². The predicted molar refractivity (Wildman–Crippen MR) is 109 cm³/mol. The molecule has 1 N–H and O–H groups in total. The number of nitrogens with zero attached hydrogens (tertiary/aromatic N) is 4. The Morgan fingerprint density at radius 1 is 1.32 bits per heavy atom. The van der Waals surface area contributed by atoms with Gasteiger partial charge >= 0.3 is 0 Å². The first-order valence-corrected chi connectivity index (χ1v) is 10.6. The topological polar surface area (TPSA) is 43.8 Å². The lowest BCUT2D eigenvalue weighted by Crippen LogP contribution is -2.41. The molecule has 0 saturated carbocycles. The van der Waals surface area contributed by atoms with Crippen molar-refractivity contribution in [1.82, 2.24) is 20.1 Å². The monoisotopic (exact) mass is 365 g/mol. The van der Waals surface area contributed by atoms with Gasteiger partial charge in [0.15, 0.2) is 5.96 Å². The highest BCUT2D eigenvalue weighted by Crippen LogP contribution is 2.19. The van der Waals surface area contributed by atoms with E-state index in [-0.39, 0.29) is 0 Å². The number of thiazole rings is 1. The van der Waals surface area contributed by atoms with Crippen molar-refractivity contribution in [2.45, 2.75) is 47.5 Å². The van der Waals surface area contributed by atoms with E-state index < -0.39 is 0 Å². The van der Waals surface area contributed by atoms with Gasteiger partial charge < -0.3 is 15.1 Å². The molecule has 2 heterocycles. The van der Waals surface area contributed by atoms with Gasteiger partial charge in [-0.1, -0.05) is 13.8 Å². The molecule has 1 unspecified atom stereocenters. The van der Waals surface area contributed by atoms with Crippen LogP contribution in [0.15, 0.2) is 4.99 Å². The van der Waals surface area contributed by atoms with E-state index >= 15 is 0 Å². The molecule has 0 bridgehead atoms. The maximum atomic E-state index is 4.89. The summed E-state index contributed by atoms with van der Waals surface area (Å²) in [5.41, 5.74) is 1.17. The standard InChI is InChI=1S/C19H35N5S/c1-6-20-19(21-11-9-18-15(4)22-16(5)25-18)24-12-10-17(14-24)13-23(7-2)8-3/h17H,6-14H2,1-5H3,(H,20,21). The molecule has 0 aromatic carbocycles. The van der Waals surface area contributed by atoms with Crippen molar-refractivity contribution in [1.29, 1.82) is 0 Å². The number of aromatic nitrogens is 1. The number of aryl methyl sites for hydroxylation is 2. The molecule has 2 rings (SSSR count). The predicted octanol–water partition coefficient (Wildman–Crippen LogP) is 2.93. The van der Waals surface area contributed by atoms with Crippen LogP contribution in [0.2, 0.25) is 0 Å². The van der Waals surface area contributed by atoms with Gasteiger partial charge in [0, 0.05) is 44.0 Å². The van der Waals surface area contributed by atoms with Crippen molar-refractivity contribution in [2.24, 2.45) is 10.9 Å². The fraction of sp³-hybridized carbons (Fsp3) is 0.789. The first-order valence-electron chi connectivity index (χ1n) is 9.75. The zero-order valence-electron chi connectivity index (χ0n) is 16.6. The van der Waals surface area contributed by atoms with Crippen LogP contribution < -0.4 is 5.32 Å². The highest BCUT2D eigenvalue weighted by atomic mass is 32.1. The van der Waals surface area contributed by atoms with Crippen LogP contribution in [0.25, 0.3) is 0 Å². The van der Waals surface area contributed by atoms with E-state index in [1.165, 1.54) is 23.5 Å². The molecule has 1 fully saturated rings. The molecule has 0 amide bonds. The Balaban J connectivity index is 1.90. The van der Waals surface area contributed by atoms with Crippen LogP contribution in [0.4, 0.5) is 0 Å². The maximum Gasteiger partial charge on any atom is 0.193 e. The molecule has 142 valence electrons. The van der Waals surface area contributed by atoms with Crippen LogP contribution >= 0.6 is 11.3 Å². The number of rotatable bonds is 8. The SMILES string of the molecule is CCNC(=NCCc1sc(C)nc1C)N1CCC(CN(CC)CC)C1. The van der Waals surface area contributed by atoms with E-state index in [9.17, 15) is 0 Å². The van der Waals surface area contributed by atoms with Gasteiger partial charge in [0.05, 0.1) is 10.7 Å².